The van der Waals surface area contributed by atoms with Gasteiger partial charge in [-0.2, -0.15) is 4.98 Å². The largest absolute Gasteiger partial charge is 0.460 e. The molecular weight excluding hydrogens is 226 g/mol. The van der Waals surface area contributed by atoms with E-state index in [1.807, 2.05) is 6.07 Å². The molecular formula is C14H23N3O. The van der Waals surface area contributed by atoms with Gasteiger partial charge in [-0.15, -0.1) is 0 Å². The summed E-state index contributed by atoms with van der Waals surface area (Å²) in [6.07, 6.45) is 5.34. The first-order valence-electron chi connectivity index (χ1n) is 6.67. The van der Waals surface area contributed by atoms with E-state index in [2.05, 4.69) is 30.7 Å². The Bertz CT molecular complexity index is 406. The van der Waals surface area contributed by atoms with Crippen molar-refractivity contribution in [1.29, 1.82) is 0 Å². The van der Waals surface area contributed by atoms with E-state index < -0.39 is 0 Å². The molecule has 2 rings (SSSR count). The third-order valence-corrected chi connectivity index (χ3v) is 3.52. The quantitative estimate of drug-likeness (QED) is 0.894. The first kappa shape index (κ1) is 13.3. The Kier molecular flexibility index (Phi) is 3.85. The van der Waals surface area contributed by atoms with Crippen molar-refractivity contribution in [3.8, 4) is 6.01 Å². The van der Waals surface area contributed by atoms with Crippen molar-refractivity contribution >= 4 is 0 Å². The topological polar surface area (TPSA) is 61.0 Å². The average molecular weight is 249 g/mol. The van der Waals surface area contributed by atoms with Crippen LogP contribution in [0.25, 0.3) is 0 Å². The van der Waals surface area contributed by atoms with E-state index in [0.717, 1.165) is 18.5 Å². The van der Waals surface area contributed by atoms with Crippen molar-refractivity contribution in [2.45, 2.75) is 52.7 Å². The third-order valence-electron chi connectivity index (χ3n) is 3.52. The Morgan fingerprint density at radius 1 is 1.44 bits per heavy atom. The van der Waals surface area contributed by atoms with Crippen molar-refractivity contribution in [2.24, 2.45) is 17.1 Å². The van der Waals surface area contributed by atoms with Crippen molar-refractivity contribution < 1.29 is 4.74 Å². The Hall–Kier alpha value is -1.16. The van der Waals surface area contributed by atoms with E-state index in [-0.39, 0.29) is 6.10 Å². The maximum Gasteiger partial charge on any atom is 0.316 e. The molecule has 0 amide bonds. The summed E-state index contributed by atoms with van der Waals surface area (Å²) >= 11 is 0. The zero-order valence-corrected chi connectivity index (χ0v) is 11.5. The highest BCUT2D eigenvalue weighted by Crippen LogP contribution is 2.39. The average Bonchev–Trinajstić information content (AvgIpc) is 2.26. The summed E-state index contributed by atoms with van der Waals surface area (Å²) in [5.41, 5.74) is 6.73. The van der Waals surface area contributed by atoms with Crippen molar-refractivity contribution in [1.82, 2.24) is 9.97 Å². The molecule has 0 bridgehead atoms. The Morgan fingerprint density at radius 2 is 2.22 bits per heavy atom. The molecule has 4 nitrogen and oxygen atoms in total. The fourth-order valence-corrected chi connectivity index (χ4v) is 3.04. The maximum atomic E-state index is 5.93. The Balaban J connectivity index is 2.04. The number of nitrogens with zero attached hydrogens (tertiary/aromatic N) is 2. The monoisotopic (exact) mass is 249 g/mol. The number of hydrogen-bond donors (Lipinski definition) is 1. The molecule has 0 spiro atoms. The van der Waals surface area contributed by atoms with E-state index in [4.69, 9.17) is 10.5 Å². The van der Waals surface area contributed by atoms with Gasteiger partial charge >= 0.3 is 6.01 Å². The fourth-order valence-electron chi connectivity index (χ4n) is 3.04. The lowest BCUT2D eigenvalue weighted by Gasteiger charge is -2.38. The predicted molar refractivity (Wildman–Crippen MR) is 71.1 cm³/mol. The van der Waals surface area contributed by atoms with Gasteiger partial charge in [-0.1, -0.05) is 20.8 Å². The van der Waals surface area contributed by atoms with Crippen LogP contribution in [-0.2, 0) is 6.54 Å². The summed E-state index contributed by atoms with van der Waals surface area (Å²) in [6, 6.07) is 2.29. The summed E-state index contributed by atoms with van der Waals surface area (Å²) in [5, 5.41) is 0. The molecule has 1 fully saturated rings. The van der Waals surface area contributed by atoms with Gasteiger partial charge in [-0.3, -0.25) is 0 Å². The lowest BCUT2D eigenvalue weighted by molar-refractivity contribution is 0.0498. The van der Waals surface area contributed by atoms with Crippen LogP contribution in [-0.4, -0.2) is 16.1 Å². The van der Waals surface area contributed by atoms with E-state index in [1.54, 1.807) is 6.20 Å². The van der Waals surface area contributed by atoms with Crippen LogP contribution in [0.2, 0.25) is 0 Å². The van der Waals surface area contributed by atoms with Gasteiger partial charge in [-0.05, 0) is 36.7 Å². The van der Waals surface area contributed by atoms with Crippen molar-refractivity contribution in [3.05, 3.63) is 18.0 Å². The predicted octanol–water partition coefficient (Wildman–Crippen LogP) is 2.53. The fraction of sp³-hybridized carbons (Fsp3) is 0.714. The van der Waals surface area contributed by atoms with Crippen molar-refractivity contribution in [2.75, 3.05) is 0 Å². The van der Waals surface area contributed by atoms with Crippen LogP contribution < -0.4 is 10.5 Å². The van der Waals surface area contributed by atoms with Crippen LogP contribution in [0.5, 0.6) is 6.01 Å². The molecule has 1 aliphatic carbocycles. The third kappa shape index (κ3) is 3.42. The minimum atomic E-state index is 0.219. The van der Waals surface area contributed by atoms with Gasteiger partial charge in [0.2, 0.25) is 0 Å². The number of ether oxygens (including phenoxy) is 1. The second kappa shape index (κ2) is 5.22. The summed E-state index contributed by atoms with van der Waals surface area (Å²) in [5.74, 6) is 0.691. The normalized spacial score (nSPS) is 26.9. The molecule has 0 saturated heterocycles. The maximum absolute atomic E-state index is 5.93. The molecule has 18 heavy (non-hydrogen) atoms. The first-order chi connectivity index (χ1) is 8.48. The molecule has 0 radical (unpaired) electrons. The number of hydrogen-bond acceptors (Lipinski definition) is 4. The number of rotatable bonds is 3. The minimum Gasteiger partial charge on any atom is -0.460 e. The van der Waals surface area contributed by atoms with Gasteiger partial charge < -0.3 is 10.5 Å². The van der Waals surface area contributed by atoms with E-state index in [9.17, 15) is 0 Å². The van der Waals surface area contributed by atoms with Crippen LogP contribution in [0.3, 0.4) is 0 Å². The van der Waals surface area contributed by atoms with Gasteiger partial charge in [0.1, 0.15) is 6.10 Å². The van der Waals surface area contributed by atoms with Gasteiger partial charge in [0.25, 0.3) is 0 Å². The molecule has 100 valence electrons. The molecule has 1 aromatic heterocycles. The first-order valence-corrected chi connectivity index (χ1v) is 6.67. The van der Waals surface area contributed by atoms with Gasteiger partial charge in [0, 0.05) is 12.7 Å². The molecule has 4 heteroatoms. The van der Waals surface area contributed by atoms with E-state index in [0.29, 0.717) is 23.9 Å². The Morgan fingerprint density at radius 3 is 2.89 bits per heavy atom. The highest BCUT2D eigenvalue weighted by molar-refractivity contribution is 5.05. The van der Waals surface area contributed by atoms with Crippen LogP contribution in [0.1, 0.15) is 45.7 Å². The summed E-state index contributed by atoms with van der Waals surface area (Å²) in [4.78, 5) is 8.47. The number of nitrogens with two attached hydrogens (primary N) is 1. The molecule has 1 aliphatic rings. The zero-order chi connectivity index (χ0) is 13.2. The molecule has 1 heterocycles. The molecule has 0 aromatic carbocycles. The highest BCUT2D eigenvalue weighted by Gasteiger charge is 2.33. The highest BCUT2D eigenvalue weighted by atomic mass is 16.5. The second-order valence-corrected chi connectivity index (χ2v) is 6.19. The number of aromatic nitrogens is 2. The molecule has 2 N–H and O–H groups in total. The summed E-state index contributed by atoms with van der Waals surface area (Å²) < 4.78 is 5.93. The second-order valence-electron chi connectivity index (χ2n) is 6.19. The van der Waals surface area contributed by atoms with Crippen LogP contribution in [0, 0.1) is 11.3 Å². The summed E-state index contributed by atoms with van der Waals surface area (Å²) in [7, 11) is 0. The lowest BCUT2D eigenvalue weighted by Crippen LogP contribution is -2.34. The van der Waals surface area contributed by atoms with Gasteiger partial charge in [0.15, 0.2) is 0 Å². The molecule has 0 aliphatic heterocycles. The van der Waals surface area contributed by atoms with Gasteiger partial charge in [-0.25, -0.2) is 4.98 Å². The van der Waals surface area contributed by atoms with E-state index >= 15 is 0 Å². The Labute approximate surface area is 109 Å². The molecule has 2 unspecified atom stereocenters. The van der Waals surface area contributed by atoms with E-state index in [1.165, 1.54) is 6.42 Å². The van der Waals surface area contributed by atoms with Gasteiger partial charge in [0.05, 0.1) is 5.69 Å². The standard InChI is InChI=1S/C14H23N3O/c1-10-6-12(8-14(2,3)7-10)18-13-16-5-4-11(9-15)17-13/h4-5,10,12H,6-9,15H2,1-3H3. The molecule has 1 saturated carbocycles. The minimum absolute atomic E-state index is 0.219. The SMILES string of the molecule is CC1CC(Oc2nccc(CN)n2)CC(C)(C)C1. The van der Waals surface area contributed by atoms with Crippen LogP contribution in [0.4, 0.5) is 0 Å². The molecule has 1 aromatic rings. The molecule has 2 atom stereocenters. The van der Waals surface area contributed by atoms with Crippen LogP contribution in [0.15, 0.2) is 12.3 Å². The zero-order valence-electron chi connectivity index (χ0n) is 11.5. The van der Waals surface area contributed by atoms with Crippen molar-refractivity contribution in [3.63, 3.8) is 0 Å². The van der Waals surface area contributed by atoms with Crippen LogP contribution >= 0.6 is 0 Å². The lowest BCUT2D eigenvalue weighted by atomic mass is 9.71. The smallest absolute Gasteiger partial charge is 0.316 e. The summed E-state index contributed by atoms with van der Waals surface area (Å²) in [6.45, 7) is 7.31.